The van der Waals surface area contributed by atoms with Crippen molar-refractivity contribution in [2.75, 3.05) is 20.2 Å². The average molecular weight is 278 g/mol. The fourth-order valence-electron chi connectivity index (χ4n) is 1.95. The van der Waals surface area contributed by atoms with Crippen LogP contribution in [0, 0.1) is 5.92 Å². The molecule has 6 nitrogen and oxygen atoms in total. The molecule has 1 saturated heterocycles. The van der Waals surface area contributed by atoms with E-state index >= 15 is 0 Å². The van der Waals surface area contributed by atoms with Gasteiger partial charge in [-0.25, -0.2) is 0 Å². The molecule has 0 aromatic heterocycles. The second-order valence-corrected chi connectivity index (χ2v) is 7.22. The first-order valence-corrected chi connectivity index (χ1v) is 7.46. The first-order chi connectivity index (χ1) is 8.15. The SMILES string of the molecule is COC(=O)C1CCN(S(=O)(=O)NC(C)(C)C)CC1. The summed E-state index contributed by atoms with van der Waals surface area (Å²) in [7, 11) is -2.11. The number of nitrogens with zero attached hydrogens (tertiary/aromatic N) is 1. The lowest BCUT2D eigenvalue weighted by molar-refractivity contribution is -0.146. The summed E-state index contributed by atoms with van der Waals surface area (Å²) in [6.45, 7) is 6.10. The zero-order valence-corrected chi connectivity index (χ0v) is 12.2. The minimum atomic E-state index is -3.47. The highest BCUT2D eigenvalue weighted by atomic mass is 32.2. The molecule has 0 atom stereocenters. The maximum absolute atomic E-state index is 12.0. The van der Waals surface area contributed by atoms with Crippen LogP contribution in [0.4, 0.5) is 0 Å². The number of rotatable bonds is 3. The maximum Gasteiger partial charge on any atom is 0.308 e. The maximum atomic E-state index is 12.0. The van der Waals surface area contributed by atoms with Gasteiger partial charge < -0.3 is 4.74 Å². The van der Waals surface area contributed by atoms with Crippen molar-refractivity contribution < 1.29 is 17.9 Å². The molecular formula is C11H22N2O4S. The van der Waals surface area contributed by atoms with Crippen molar-refractivity contribution in [2.24, 2.45) is 5.92 Å². The van der Waals surface area contributed by atoms with Gasteiger partial charge in [0.2, 0.25) is 0 Å². The Labute approximate surface area is 109 Å². The molecule has 0 spiro atoms. The van der Waals surface area contributed by atoms with E-state index < -0.39 is 15.7 Å². The van der Waals surface area contributed by atoms with E-state index in [1.54, 1.807) is 20.8 Å². The number of esters is 1. The van der Waals surface area contributed by atoms with Crippen LogP contribution in [0.3, 0.4) is 0 Å². The third-order valence-corrected chi connectivity index (χ3v) is 4.68. The fourth-order valence-corrected chi connectivity index (χ4v) is 3.54. The predicted octanol–water partition coefficient (Wildman–Crippen LogP) is 0.504. The Morgan fingerprint density at radius 2 is 1.78 bits per heavy atom. The van der Waals surface area contributed by atoms with Gasteiger partial charge in [-0.05, 0) is 33.6 Å². The van der Waals surface area contributed by atoms with E-state index in [9.17, 15) is 13.2 Å². The zero-order chi connectivity index (χ0) is 14.0. The molecular weight excluding hydrogens is 256 g/mol. The van der Waals surface area contributed by atoms with E-state index in [2.05, 4.69) is 9.46 Å². The molecule has 0 amide bonds. The van der Waals surface area contributed by atoms with Gasteiger partial charge in [0.05, 0.1) is 13.0 Å². The molecule has 0 aliphatic carbocycles. The molecule has 1 aliphatic rings. The van der Waals surface area contributed by atoms with E-state index in [1.165, 1.54) is 11.4 Å². The fraction of sp³-hybridized carbons (Fsp3) is 0.909. The number of piperidine rings is 1. The molecule has 0 saturated carbocycles. The Hall–Kier alpha value is -0.660. The number of hydrogen-bond donors (Lipinski definition) is 1. The van der Waals surface area contributed by atoms with Gasteiger partial charge in [0, 0.05) is 18.6 Å². The van der Waals surface area contributed by atoms with Crippen LogP contribution in [0.1, 0.15) is 33.6 Å². The largest absolute Gasteiger partial charge is 0.469 e. The topological polar surface area (TPSA) is 75.7 Å². The zero-order valence-electron chi connectivity index (χ0n) is 11.4. The van der Waals surface area contributed by atoms with Crippen LogP contribution in [0.2, 0.25) is 0 Å². The van der Waals surface area contributed by atoms with Crippen LogP contribution in [-0.2, 0) is 19.7 Å². The molecule has 0 aromatic carbocycles. The molecule has 1 heterocycles. The van der Waals surface area contributed by atoms with E-state index in [-0.39, 0.29) is 11.9 Å². The summed E-state index contributed by atoms with van der Waals surface area (Å²) >= 11 is 0. The lowest BCUT2D eigenvalue weighted by atomic mass is 9.99. The molecule has 7 heteroatoms. The monoisotopic (exact) mass is 278 g/mol. The van der Waals surface area contributed by atoms with Gasteiger partial charge in [0.15, 0.2) is 0 Å². The Kier molecular flexibility index (Phi) is 4.74. The van der Waals surface area contributed by atoms with Gasteiger partial charge in [-0.15, -0.1) is 0 Å². The smallest absolute Gasteiger partial charge is 0.308 e. The van der Waals surface area contributed by atoms with Gasteiger partial charge in [-0.1, -0.05) is 0 Å². The molecule has 0 aromatic rings. The second-order valence-electron chi connectivity index (χ2n) is 5.55. The van der Waals surface area contributed by atoms with Gasteiger partial charge in [-0.3, -0.25) is 4.79 Å². The molecule has 0 bridgehead atoms. The number of hydrogen-bond acceptors (Lipinski definition) is 4. The van der Waals surface area contributed by atoms with Gasteiger partial charge >= 0.3 is 5.97 Å². The van der Waals surface area contributed by atoms with Crippen molar-refractivity contribution in [3.05, 3.63) is 0 Å². The molecule has 1 fully saturated rings. The Balaban J connectivity index is 2.60. The summed E-state index contributed by atoms with van der Waals surface area (Å²) in [5.74, 6) is -0.438. The van der Waals surface area contributed by atoms with Gasteiger partial charge in [0.1, 0.15) is 0 Å². The van der Waals surface area contributed by atoms with Crippen molar-refractivity contribution in [3.8, 4) is 0 Å². The minimum Gasteiger partial charge on any atom is -0.469 e. The minimum absolute atomic E-state index is 0.184. The molecule has 1 rings (SSSR count). The lowest BCUT2D eigenvalue weighted by Crippen LogP contribution is -2.51. The average Bonchev–Trinajstić information content (AvgIpc) is 2.25. The first kappa shape index (κ1) is 15.4. The van der Waals surface area contributed by atoms with Crippen molar-refractivity contribution in [1.82, 2.24) is 9.03 Å². The quantitative estimate of drug-likeness (QED) is 0.763. The highest BCUT2D eigenvalue weighted by Gasteiger charge is 2.33. The third-order valence-electron chi connectivity index (χ3n) is 2.76. The van der Waals surface area contributed by atoms with Crippen LogP contribution in [-0.4, -0.2) is 44.4 Å². The summed E-state index contributed by atoms with van der Waals surface area (Å²) in [6.07, 6.45) is 1.02. The van der Waals surface area contributed by atoms with Crippen LogP contribution in [0.15, 0.2) is 0 Å². The van der Waals surface area contributed by atoms with E-state index in [0.717, 1.165) is 0 Å². The van der Waals surface area contributed by atoms with Gasteiger partial charge in [-0.2, -0.15) is 17.4 Å². The molecule has 1 aliphatic heterocycles. The highest BCUT2D eigenvalue weighted by Crippen LogP contribution is 2.20. The predicted molar refractivity (Wildman–Crippen MR) is 68.1 cm³/mol. The van der Waals surface area contributed by atoms with Crippen molar-refractivity contribution in [3.63, 3.8) is 0 Å². The van der Waals surface area contributed by atoms with Crippen molar-refractivity contribution in [2.45, 2.75) is 39.2 Å². The van der Waals surface area contributed by atoms with Crippen LogP contribution in [0.25, 0.3) is 0 Å². The third kappa shape index (κ3) is 4.22. The van der Waals surface area contributed by atoms with Crippen molar-refractivity contribution in [1.29, 1.82) is 0 Å². The molecule has 0 unspecified atom stereocenters. The number of methoxy groups -OCH3 is 1. The summed E-state index contributed by atoms with van der Waals surface area (Å²) in [6, 6.07) is 0. The van der Waals surface area contributed by atoms with Crippen LogP contribution in [0.5, 0.6) is 0 Å². The molecule has 106 valence electrons. The summed E-state index contributed by atoms with van der Waals surface area (Å²) < 4.78 is 32.8. The first-order valence-electron chi connectivity index (χ1n) is 6.02. The van der Waals surface area contributed by atoms with Crippen LogP contribution < -0.4 is 4.72 Å². The second kappa shape index (κ2) is 5.54. The summed E-state index contributed by atoms with van der Waals surface area (Å²) in [5, 5.41) is 0. The van der Waals surface area contributed by atoms with E-state index in [4.69, 9.17) is 0 Å². The van der Waals surface area contributed by atoms with Crippen molar-refractivity contribution >= 4 is 16.2 Å². The standard InChI is InChI=1S/C11H22N2O4S/c1-11(2,3)12-18(15,16)13-7-5-9(6-8-13)10(14)17-4/h9,12H,5-8H2,1-4H3. The Bertz CT molecular complexity index is 392. The van der Waals surface area contributed by atoms with E-state index in [0.29, 0.717) is 25.9 Å². The Morgan fingerprint density at radius 3 is 2.17 bits per heavy atom. The van der Waals surface area contributed by atoms with Gasteiger partial charge in [0.25, 0.3) is 10.2 Å². The lowest BCUT2D eigenvalue weighted by Gasteiger charge is -2.32. The number of carbonyl (C=O) groups excluding carboxylic acids is 1. The normalized spacial score (nSPS) is 19.8. The number of ether oxygens (including phenoxy) is 1. The van der Waals surface area contributed by atoms with E-state index in [1.807, 2.05) is 0 Å². The molecule has 1 N–H and O–H groups in total. The Morgan fingerprint density at radius 1 is 1.28 bits per heavy atom. The number of carbonyl (C=O) groups is 1. The summed E-state index contributed by atoms with van der Waals surface area (Å²) in [4.78, 5) is 11.3. The molecule has 0 radical (unpaired) electrons. The number of nitrogens with one attached hydrogen (secondary N) is 1. The molecule has 18 heavy (non-hydrogen) atoms. The highest BCUT2D eigenvalue weighted by molar-refractivity contribution is 7.87. The summed E-state index contributed by atoms with van der Waals surface area (Å²) in [5.41, 5.74) is -0.502. The van der Waals surface area contributed by atoms with Crippen LogP contribution >= 0.6 is 0 Å².